The molecule has 0 aliphatic rings. The molecule has 0 spiro atoms. The number of nitrogen functional groups attached to an aromatic ring is 1. The monoisotopic (exact) mass is 371 g/mol. The zero-order valence-electron chi connectivity index (χ0n) is 12.1. The third-order valence-corrected chi connectivity index (χ3v) is 4.32. The van der Waals surface area contributed by atoms with Crippen LogP contribution in [0.1, 0.15) is 23.2 Å². The Balaban J connectivity index is 1.74. The molecule has 0 aliphatic heterocycles. The molecule has 1 heterocycles. The Labute approximate surface area is 147 Å². The summed E-state index contributed by atoms with van der Waals surface area (Å²) in [6.45, 7) is 0.422. The predicted molar refractivity (Wildman–Crippen MR) is 95.4 cm³/mol. The standard InChI is InChI=1S/C15H15Cl2N3O2S/c16-11-6-10(7-12(17)14(11)18)20-13(21)2-1-4-19-15(22)9-3-5-23-8-9/h3,5-8H,1-2,4,18H2,(H,19,22)(H,20,21). The maximum atomic E-state index is 11.9. The van der Waals surface area contributed by atoms with Crippen LogP contribution in [0.25, 0.3) is 0 Å². The number of carbonyl (C=O) groups excluding carboxylic acids is 2. The summed E-state index contributed by atoms with van der Waals surface area (Å²) >= 11 is 13.3. The summed E-state index contributed by atoms with van der Waals surface area (Å²) in [5.41, 5.74) is 7.03. The van der Waals surface area contributed by atoms with Crippen LogP contribution >= 0.6 is 34.5 Å². The van der Waals surface area contributed by atoms with E-state index in [1.807, 2.05) is 5.38 Å². The molecular weight excluding hydrogens is 357 g/mol. The quantitative estimate of drug-likeness (QED) is 0.533. The fraction of sp³-hybridized carbons (Fsp3) is 0.200. The van der Waals surface area contributed by atoms with E-state index in [4.69, 9.17) is 28.9 Å². The number of carbonyl (C=O) groups is 2. The molecule has 4 N–H and O–H groups in total. The van der Waals surface area contributed by atoms with Gasteiger partial charge in [0.05, 0.1) is 15.7 Å². The molecule has 2 aromatic rings. The van der Waals surface area contributed by atoms with E-state index in [9.17, 15) is 9.59 Å². The summed E-state index contributed by atoms with van der Waals surface area (Å²) in [6.07, 6.45) is 0.793. The Morgan fingerprint density at radius 1 is 1.22 bits per heavy atom. The van der Waals surface area contributed by atoms with Crippen LogP contribution < -0.4 is 16.4 Å². The number of anilines is 2. The van der Waals surface area contributed by atoms with Crippen molar-refractivity contribution in [2.24, 2.45) is 0 Å². The zero-order valence-corrected chi connectivity index (χ0v) is 14.4. The van der Waals surface area contributed by atoms with Crippen LogP contribution in [-0.2, 0) is 4.79 Å². The van der Waals surface area contributed by atoms with Gasteiger partial charge in [-0.2, -0.15) is 11.3 Å². The molecule has 5 nitrogen and oxygen atoms in total. The summed E-state index contributed by atoms with van der Waals surface area (Å²) in [5, 5.41) is 9.64. The molecule has 2 amide bonds. The summed E-state index contributed by atoms with van der Waals surface area (Å²) in [7, 11) is 0. The van der Waals surface area contributed by atoms with Gasteiger partial charge in [-0.3, -0.25) is 9.59 Å². The molecule has 0 atom stereocenters. The van der Waals surface area contributed by atoms with Crippen molar-refractivity contribution in [1.82, 2.24) is 5.32 Å². The smallest absolute Gasteiger partial charge is 0.252 e. The normalized spacial score (nSPS) is 10.3. The van der Waals surface area contributed by atoms with E-state index in [-0.39, 0.29) is 34.0 Å². The van der Waals surface area contributed by atoms with Gasteiger partial charge in [-0.15, -0.1) is 0 Å². The molecule has 2 rings (SSSR count). The Bertz CT molecular complexity index is 682. The van der Waals surface area contributed by atoms with Crippen molar-refractivity contribution in [3.63, 3.8) is 0 Å². The number of hydrogen-bond acceptors (Lipinski definition) is 4. The van der Waals surface area contributed by atoms with Gasteiger partial charge in [0.1, 0.15) is 0 Å². The highest BCUT2D eigenvalue weighted by atomic mass is 35.5. The Morgan fingerprint density at radius 3 is 2.52 bits per heavy atom. The molecule has 1 aromatic heterocycles. The summed E-state index contributed by atoms with van der Waals surface area (Å²) in [4.78, 5) is 23.6. The van der Waals surface area contributed by atoms with Crippen LogP contribution in [0.15, 0.2) is 29.0 Å². The molecule has 0 aliphatic carbocycles. The largest absolute Gasteiger partial charge is 0.396 e. The van der Waals surface area contributed by atoms with Crippen molar-refractivity contribution in [2.45, 2.75) is 12.8 Å². The van der Waals surface area contributed by atoms with E-state index in [1.165, 1.54) is 11.3 Å². The van der Waals surface area contributed by atoms with Crippen LogP contribution in [0.2, 0.25) is 10.0 Å². The lowest BCUT2D eigenvalue weighted by atomic mass is 10.2. The van der Waals surface area contributed by atoms with Gasteiger partial charge in [0.15, 0.2) is 0 Å². The van der Waals surface area contributed by atoms with Crippen molar-refractivity contribution in [3.05, 3.63) is 44.6 Å². The first-order valence-corrected chi connectivity index (χ1v) is 8.52. The van der Waals surface area contributed by atoms with Crippen molar-refractivity contribution in [3.8, 4) is 0 Å². The molecule has 0 radical (unpaired) electrons. The highest BCUT2D eigenvalue weighted by Crippen LogP contribution is 2.31. The summed E-state index contributed by atoms with van der Waals surface area (Å²) < 4.78 is 0. The maximum Gasteiger partial charge on any atom is 0.252 e. The van der Waals surface area contributed by atoms with Gasteiger partial charge in [-0.05, 0) is 30.0 Å². The fourth-order valence-corrected chi connectivity index (χ4v) is 2.95. The van der Waals surface area contributed by atoms with Gasteiger partial charge in [-0.25, -0.2) is 0 Å². The van der Waals surface area contributed by atoms with Crippen LogP contribution in [-0.4, -0.2) is 18.4 Å². The van der Waals surface area contributed by atoms with E-state index >= 15 is 0 Å². The van der Waals surface area contributed by atoms with Gasteiger partial charge in [0.2, 0.25) is 5.91 Å². The second-order valence-corrected chi connectivity index (χ2v) is 6.37. The van der Waals surface area contributed by atoms with Gasteiger partial charge in [-0.1, -0.05) is 23.2 Å². The van der Waals surface area contributed by atoms with Crippen LogP contribution in [0.3, 0.4) is 0 Å². The predicted octanol–water partition coefficient (Wildman–Crippen LogP) is 3.79. The highest BCUT2D eigenvalue weighted by Gasteiger charge is 2.09. The minimum absolute atomic E-state index is 0.135. The first-order chi connectivity index (χ1) is 11.0. The summed E-state index contributed by atoms with van der Waals surface area (Å²) in [6, 6.07) is 4.83. The first kappa shape index (κ1) is 17.6. The molecule has 0 saturated carbocycles. The first-order valence-electron chi connectivity index (χ1n) is 6.82. The van der Waals surface area contributed by atoms with Crippen molar-refractivity contribution in [1.29, 1.82) is 0 Å². The minimum Gasteiger partial charge on any atom is -0.396 e. The van der Waals surface area contributed by atoms with Crippen molar-refractivity contribution in [2.75, 3.05) is 17.6 Å². The van der Waals surface area contributed by atoms with Crippen LogP contribution in [0, 0.1) is 0 Å². The van der Waals surface area contributed by atoms with E-state index in [0.717, 1.165) is 0 Å². The average molecular weight is 372 g/mol. The zero-order chi connectivity index (χ0) is 16.8. The van der Waals surface area contributed by atoms with E-state index < -0.39 is 0 Å². The fourth-order valence-electron chi connectivity index (χ4n) is 1.83. The number of hydrogen-bond donors (Lipinski definition) is 3. The van der Waals surface area contributed by atoms with E-state index in [1.54, 1.807) is 23.6 Å². The number of thiophene rings is 1. The number of benzene rings is 1. The lowest BCUT2D eigenvalue weighted by molar-refractivity contribution is -0.116. The lowest BCUT2D eigenvalue weighted by Crippen LogP contribution is -2.25. The molecule has 0 saturated heterocycles. The third-order valence-electron chi connectivity index (χ3n) is 3.01. The van der Waals surface area contributed by atoms with Crippen molar-refractivity contribution < 1.29 is 9.59 Å². The SMILES string of the molecule is Nc1c(Cl)cc(NC(=O)CCCNC(=O)c2ccsc2)cc1Cl. The molecular formula is C15H15Cl2N3O2S. The van der Waals surface area contributed by atoms with E-state index in [2.05, 4.69) is 10.6 Å². The van der Waals surface area contributed by atoms with E-state index in [0.29, 0.717) is 24.2 Å². The molecule has 8 heteroatoms. The van der Waals surface area contributed by atoms with Gasteiger partial charge in [0, 0.05) is 29.6 Å². The van der Waals surface area contributed by atoms with Crippen LogP contribution in [0.4, 0.5) is 11.4 Å². The van der Waals surface area contributed by atoms with Gasteiger partial charge >= 0.3 is 0 Å². The Morgan fingerprint density at radius 2 is 1.91 bits per heavy atom. The molecule has 1 aromatic carbocycles. The maximum absolute atomic E-state index is 11.9. The van der Waals surface area contributed by atoms with Gasteiger partial charge < -0.3 is 16.4 Å². The molecule has 0 unspecified atom stereocenters. The number of amides is 2. The molecule has 122 valence electrons. The molecule has 0 bridgehead atoms. The number of nitrogens with one attached hydrogen (secondary N) is 2. The summed E-state index contributed by atoms with van der Waals surface area (Å²) in [5.74, 6) is -0.324. The highest BCUT2D eigenvalue weighted by molar-refractivity contribution is 7.08. The van der Waals surface area contributed by atoms with Crippen molar-refractivity contribution >= 4 is 57.7 Å². The van der Waals surface area contributed by atoms with Crippen LogP contribution in [0.5, 0.6) is 0 Å². The second-order valence-electron chi connectivity index (χ2n) is 4.77. The number of nitrogens with two attached hydrogens (primary N) is 1. The Hall–Kier alpha value is -1.76. The minimum atomic E-state index is -0.188. The number of halogens is 2. The lowest BCUT2D eigenvalue weighted by Gasteiger charge is -2.09. The third kappa shape index (κ3) is 5.13. The average Bonchev–Trinajstić information content (AvgIpc) is 3.03. The second kappa shape index (κ2) is 8.19. The molecule has 23 heavy (non-hydrogen) atoms. The Kier molecular flexibility index (Phi) is 6.27. The molecule has 0 fully saturated rings. The topological polar surface area (TPSA) is 84.2 Å². The van der Waals surface area contributed by atoms with Gasteiger partial charge in [0.25, 0.3) is 5.91 Å². The number of rotatable bonds is 6.